The molecule has 1 aromatic heterocycles. The van der Waals surface area contributed by atoms with Gasteiger partial charge in [-0.2, -0.15) is 0 Å². The van der Waals surface area contributed by atoms with Crippen LogP contribution < -0.4 is 5.32 Å². The normalized spacial score (nSPS) is 28.9. The highest BCUT2D eigenvalue weighted by molar-refractivity contribution is 7.91. The number of likely N-dealkylation sites (tertiary alicyclic amines) is 1. The summed E-state index contributed by atoms with van der Waals surface area (Å²) in [5.74, 6) is 0. The fraction of sp³-hybridized carbons (Fsp3) is 0.667. The standard InChI is InChI=1S/C18H27N3O3S/c1-18(2)12-21(16(18)13-7-6-10-19-11-13)17(22)20-14-8-4-5-9-15(14)25(3,23)24/h6-7,10-11,14-16H,4-5,8-9,12H2,1-3H3,(H,20,22)/t14-,15-,16?/m1/s1. The molecular formula is C18H27N3O3S. The van der Waals surface area contributed by atoms with Crippen LogP contribution in [0.1, 0.15) is 51.1 Å². The average molecular weight is 365 g/mol. The molecule has 3 rings (SSSR count). The predicted molar refractivity (Wildman–Crippen MR) is 96.9 cm³/mol. The summed E-state index contributed by atoms with van der Waals surface area (Å²) in [5.41, 5.74) is 0.987. The van der Waals surface area contributed by atoms with Crippen molar-refractivity contribution in [3.63, 3.8) is 0 Å². The zero-order valence-corrected chi connectivity index (χ0v) is 15.9. The smallest absolute Gasteiger partial charge is 0.318 e. The number of hydrogen-bond donors (Lipinski definition) is 1. The highest BCUT2D eigenvalue weighted by atomic mass is 32.2. The average Bonchev–Trinajstić information content (AvgIpc) is 2.53. The van der Waals surface area contributed by atoms with Crippen molar-refractivity contribution in [1.82, 2.24) is 15.2 Å². The molecule has 2 aliphatic rings. The summed E-state index contributed by atoms with van der Waals surface area (Å²) in [4.78, 5) is 18.8. The zero-order valence-electron chi connectivity index (χ0n) is 15.1. The fourth-order valence-electron chi connectivity index (χ4n) is 4.30. The lowest BCUT2D eigenvalue weighted by Gasteiger charge is -2.54. The summed E-state index contributed by atoms with van der Waals surface area (Å²) in [5, 5.41) is 2.53. The Morgan fingerprint density at radius 3 is 2.64 bits per heavy atom. The van der Waals surface area contributed by atoms with E-state index in [1.807, 2.05) is 12.1 Å². The Morgan fingerprint density at radius 1 is 1.32 bits per heavy atom. The number of carbonyl (C=O) groups excluding carboxylic acids is 1. The molecule has 7 heteroatoms. The first-order valence-corrected chi connectivity index (χ1v) is 10.8. The second kappa shape index (κ2) is 6.59. The molecule has 0 aromatic carbocycles. The molecule has 1 aliphatic carbocycles. The third-order valence-electron chi connectivity index (χ3n) is 5.45. The summed E-state index contributed by atoms with van der Waals surface area (Å²) in [6, 6.07) is 3.35. The molecule has 138 valence electrons. The Kier molecular flexibility index (Phi) is 4.79. The van der Waals surface area contributed by atoms with Gasteiger partial charge in [-0.15, -0.1) is 0 Å². The second-order valence-electron chi connectivity index (χ2n) is 8.01. The van der Waals surface area contributed by atoms with Crippen LogP contribution in [-0.4, -0.2) is 48.4 Å². The second-order valence-corrected chi connectivity index (χ2v) is 10.3. The van der Waals surface area contributed by atoms with E-state index in [-0.39, 0.29) is 23.5 Å². The predicted octanol–water partition coefficient (Wildman–Crippen LogP) is 2.53. The van der Waals surface area contributed by atoms with Crippen LogP contribution in [0.25, 0.3) is 0 Å². The van der Waals surface area contributed by atoms with Crippen LogP contribution in [0.5, 0.6) is 0 Å². The Labute approximate surface area is 149 Å². The van der Waals surface area contributed by atoms with Crippen molar-refractivity contribution in [3.05, 3.63) is 30.1 Å². The number of nitrogens with zero attached hydrogens (tertiary/aromatic N) is 2. The minimum Gasteiger partial charge on any atom is -0.334 e. The van der Waals surface area contributed by atoms with Crippen LogP contribution in [0.2, 0.25) is 0 Å². The summed E-state index contributed by atoms with van der Waals surface area (Å²) >= 11 is 0. The van der Waals surface area contributed by atoms with E-state index in [0.29, 0.717) is 13.0 Å². The number of aromatic nitrogens is 1. The van der Waals surface area contributed by atoms with Crippen LogP contribution in [-0.2, 0) is 9.84 Å². The van der Waals surface area contributed by atoms with Gasteiger partial charge in [0.05, 0.1) is 11.3 Å². The molecule has 3 atom stereocenters. The Balaban J connectivity index is 1.74. The van der Waals surface area contributed by atoms with Crippen molar-refractivity contribution in [2.75, 3.05) is 12.8 Å². The number of hydrogen-bond acceptors (Lipinski definition) is 4. The van der Waals surface area contributed by atoms with Crippen LogP contribution >= 0.6 is 0 Å². The van der Waals surface area contributed by atoms with Crippen LogP contribution in [0.15, 0.2) is 24.5 Å². The lowest BCUT2D eigenvalue weighted by atomic mass is 9.72. The lowest BCUT2D eigenvalue weighted by Crippen LogP contribution is -2.62. The highest BCUT2D eigenvalue weighted by Gasteiger charge is 2.49. The first-order chi connectivity index (χ1) is 11.7. The molecule has 1 N–H and O–H groups in total. The van der Waals surface area contributed by atoms with Gasteiger partial charge < -0.3 is 10.2 Å². The van der Waals surface area contributed by atoms with E-state index in [1.54, 1.807) is 17.3 Å². The van der Waals surface area contributed by atoms with Crippen molar-refractivity contribution in [3.8, 4) is 0 Å². The molecule has 0 spiro atoms. The van der Waals surface area contributed by atoms with Crippen molar-refractivity contribution in [2.45, 2.75) is 56.9 Å². The first kappa shape index (κ1) is 18.2. The zero-order chi connectivity index (χ0) is 18.2. The molecule has 0 bridgehead atoms. The number of urea groups is 1. The Morgan fingerprint density at radius 2 is 2.04 bits per heavy atom. The fourth-order valence-corrected chi connectivity index (χ4v) is 5.70. The molecule has 2 fully saturated rings. The highest BCUT2D eigenvalue weighted by Crippen LogP contribution is 2.48. The van der Waals surface area contributed by atoms with Gasteiger partial charge in [0.1, 0.15) is 0 Å². The number of pyridine rings is 1. The SMILES string of the molecule is CC1(C)CN(C(=O)N[C@@H]2CCCC[C@H]2S(C)(=O)=O)C1c1cccnc1. The van der Waals surface area contributed by atoms with Gasteiger partial charge in [-0.1, -0.05) is 32.8 Å². The van der Waals surface area contributed by atoms with Crippen LogP contribution in [0, 0.1) is 5.41 Å². The monoisotopic (exact) mass is 365 g/mol. The third kappa shape index (κ3) is 3.66. The Hall–Kier alpha value is -1.63. The lowest BCUT2D eigenvalue weighted by molar-refractivity contribution is -0.0178. The first-order valence-electron chi connectivity index (χ1n) is 8.86. The Bertz CT molecular complexity index is 733. The quantitative estimate of drug-likeness (QED) is 0.893. The maximum atomic E-state index is 12.8. The largest absolute Gasteiger partial charge is 0.334 e. The summed E-state index contributed by atoms with van der Waals surface area (Å²) in [6.45, 7) is 4.91. The van der Waals surface area contributed by atoms with Crippen molar-refractivity contribution in [2.24, 2.45) is 5.41 Å². The minimum atomic E-state index is -3.17. The van der Waals surface area contributed by atoms with E-state index in [4.69, 9.17) is 0 Å². The number of rotatable bonds is 3. The molecule has 1 saturated heterocycles. The van der Waals surface area contributed by atoms with Gasteiger partial charge in [-0.25, -0.2) is 13.2 Å². The number of sulfone groups is 1. The molecule has 2 heterocycles. The van der Waals surface area contributed by atoms with Crippen molar-refractivity contribution < 1.29 is 13.2 Å². The third-order valence-corrected chi connectivity index (χ3v) is 7.12. The van der Waals surface area contributed by atoms with Gasteiger partial charge in [0.2, 0.25) is 0 Å². The molecular weight excluding hydrogens is 338 g/mol. The molecule has 1 aromatic rings. The van der Waals surface area contributed by atoms with Crippen LogP contribution in [0.4, 0.5) is 4.79 Å². The topological polar surface area (TPSA) is 79.4 Å². The van der Waals surface area contributed by atoms with Gasteiger partial charge in [0.15, 0.2) is 9.84 Å². The summed E-state index contributed by atoms with van der Waals surface area (Å²) < 4.78 is 24.1. The molecule has 0 radical (unpaired) electrons. The molecule has 1 aliphatic heterocycles. The maximum absolute atomic E-state index is 12.8. The van der Waals surface area contributed by atoms with E-state index < -0.39 is 15.1 Å². The summed E-state index contributed by atoms with van der Waals surface area (Å²) in [6.07, 6.45) is 7.99. The molecule has 1 saturated carbocycles. The number of amides is 2. The van der Waals surface area contributed by atoms with E-state index in [9.17, 15) is 13.2 Å². The van der Waals surface area contributed by atoms with Gasteiger partial charge in [0, 0.05) is 36.7 Å². The summed E-state index contributed by atoms with van der Waals surface area (Å²) in [7, 11) is -3.17. The number of nitrogens with one attached hydrogen (secondary N) is 1. The number of carbonyl (C=O) groups is 1. The van der Waals surface area contributed by atoms with Gasteiger partial charge in [-0.3, -0.25) is 4.98 Å². The molecule has 1 unspecified atom stereocenters. The van der Waals surface area contributed by atoms with Crippen molar-refractivity contribution >= 4 is 15.9 Å². The maximum Gasteiger partial charge on any atom is 0.318 e. The van der Waals surface area contributed by atoms with Crippen LogP contribution in [0.3, 0.4) is 0 Å². The van der Waals surface area contributed by atoms with E-state index in [1.165, 1.54) is 6.26 Å². The van der Waals surface area contributed by atoms with E-state index >= 15 is 0 Å². The van der Waals surface area contributed by atoms with Gasteiger partial charge >= 0.3 is 6.03 Å². The molecule has 25 heavy (non-hydrogen) atoms. The van der Waals surface area contributed by atoms with Gasteiger partial charge in [-0.05, 0) is 24.5 Å². The minimum absolute atomic E-state index is 0.0246. The molecule has 6 nitrogen and oxygen atoms in total. The van der Waals surface area contributed by atoms with Crippen molar-refractivity contribution in [1.29, 1.82) is 0 Å². The van der Waals surface area contributed by atoms with E-state index in [2.05, 4.69) is 24.1 Å². The van der Waals surface area contributed by atoms with E-state index in [0.717, 1.165) is 24.8 Å². The van der Waals surface area contributed by atoms with Gasteiger partial charge in [0.25, 0.3) is 0 Å². The molecule has 2 amide bonds.